The fraction of sp³-hybridized carbons (Fsp3) is 0.389. The fourth-order valence-electron chi connectivity index (χ4n) is 3.26. The third kappa shape index (κ3) is 3.85. The number of esters is 2. The van der Waals surface area contributed by atoms with Gasteiger partial charge in [-0.1, -0.05) is 11.6 Å². The number of nitrogens with zero attached hydrogens (tertiary/aromatic N) is 1. The van der Waals surface area contributed by atoms with E-state index in [-0.39, 0.29) is 19.4 Å². The molecule has 0 amide bonds. The average molecular weight is 425 g/mol. The van der Waals surface area contributed by atoms with Crippen molar-refractivity contribution in [2.24, 2.45) is 0 Å². The molecule has 0 atom stereocenters. The van der Waals surface area contributed by atoms with Crippen LogP contribution in [0.4, 0.5) is 0 Å². The number of ether oxygens (including phenoxy) is 2. The quantitative estimate of drug-likeness (QED) is 0.598. The van der Waals surface area contributed by atoms with E-state index >= 15 is 0 Å². The van der Waals surface area contributed by atoms with Crippen molar-refractivity contribution in [3.05, 3.63) is 44.9 Å². The molecular formula is C18H17ClN2O4S2. The van der Waals surface area contributed by atoms with E-state index in [1.54, 1.807) is 40.7 Å². The minimum atomic E-state index is -1.44. The molecule has 0 unspecified atom stereocenters. The lowest BCUT2D eigenvalue weighted by atomic mass is 9.98. The molecule has 142 valence electrons. The number of rotatable bonds is 3. The van der Waals surface area contributed by atoms with E-state index in [0.29, 0.717) is 23.6 Å². The summed E-state index contributed by atoms with van der Waals surface area (Å²) in [7, 11) is 0. The average Bonchev–Trinajstić information content (AvgIpc) is 3.04. The van der Waals surface area contributed by atoms with Crippen molar-refractivity contribution < 1.29 is 19.1 Å². The van der Waals surface area contributed by atoms with Gasteiger partial charge in [-0.05, 0) is 30.7 Å². The smallest absolute Gasteiger partial charge is 0.309 e. The lowest BCUT2D eigenvalue weighted by Crippen LogP contribution is -2.43. The molecule has 0 radical (unpaired) electrons. The lowest BCUT2D eigenvalue weighted by molar-refractivity contribution is -0.225. The second-order valence-corrected chi connectivity index (χ2v) is 8.65. The van der Waals surface area contributed by atoms with Gasteiger partial charge in [0.2, 0.25) is 0 Å². The van der Waals surface area contributed by atoms with Gasteiger partial charge in [-0.15, -0.1) is 23.1 Å². The number of fused-ring (bicyclic) bond motifs is 2. The highest BCUT2D eigenvalue weighted by Gasteiger charge is 2.45. The van der Waals surface area contributed by atoms with Crippen LogP contribution in [0.25, 0.3) is 0 Å². The maximum atomic E-state index is 12.1. The highest BCUT2D eigenvalue weighted by molar-refractivity contribution is 7.98. The third-order valence-corrected chi connectivity index (χ3v) is 7.06. The van der Waals surface area contributed by atoms with Crippen molar-refractivity contribution in [3.8, 4) is 0 Å². The molecular weight excluding hydrogens is 408 g/mol. The van der Waals surface area contributed by atoms with Crippen molar-refractivity contribution in [1.82, 2.24) is 10.3 Å². The highest BCUT2D eigenvalue weighted by Crippen LogP contribution is 2.42. The molecule has 9 heteroatoms. The zero-order valence-electron chi connectivity index (χ0n) is 14.3. The Hall–Kier alpha value is -1.61. The molecule has 1 spiro atoms. The van der Waals surface area contributed by atoms with Gasteiger partial charge in [0.15, 0.2) is 0 Å². The molecule has 2 aromatic rings. The Morgan fingerprint density at radius 2 is 2.00 bits per heavy atom. The van der Waals surface area contributed by atoms with Crippen LogP contribution in [0, 0.1) is 0 Å². The molecule has 2 aliphatic rings. The summed E-state index contributed by atoms with van der Waals surface area (Å²) in [6.45, 7) is 0.885. The van der Waals surface area contributed by atoms with E-state index in [4.69, 9.17) is 21.1 Å². The van der Waals surface area contributed by atoms with Gasteiger partial charge < -0.3 is 14.8 Å². The molecule has 1 saturated heterocycles. The van der Waals surface area contributed by atoms with E-state index in [1.165, 1.54) is 0 Å². The van der Waals surface area contributed by atoms with Crippen LogP contribution >= 0.6 is 34.7 Å². The van der Waals surface area contributed by atoms with Crippen LogP contribution in [-0.2, 0) is 37.0 Å². The zero-order valence-corrected chi connectivity index (χ0v) is 16.7. The number of nitrogens with one attached hydrogen (secondary N) is 1. The van der Waals surface area contributed by atoms with Crippen LogP contribution in [-0.4, -0.2) is 30.0 Å². The molecule has 0 bridgehead atoms. The minimum absolute atomic E-state index is 0.0243. The van der Waals surface area contributed by atoms with Gasteiger partial charge in [0.05, 0.1) is 29.9 Å². The van der Waals surface area contributed by atoms with Crippen molar-refractivity contribution in [1.29, 1.82) is 0 Å². The SMILES string of the molecule is O=C1CCC(=O)OC2(CNCCc3c2ccc(Cl)c3SCc2cncs2)O1. The molecule has 1 fully saturated rings. The van der Waals surface area contributed by atoms with Crippen molar-refractivity contribution in [2.45, 2.75) is 35.7 Å². The van der Waals surface area contributed by atoms with Gasteiger partial charge in [-0.3, -0.25) is 14.6 Å². The summed E-state index contributed by atoms with van der Waals surface area (Å²) in [6, 6.07) is 3.57. The molecule has 1 N–H and O–H groups in total. The van der Waals surface area contributed by atoms with Crippen LogP contribution < -0.4 is 5.32 Å². The predicted molar refractivity (Wildman–Crippen MR) is 103 cm³/mol. The van der Waals surface area contributed by atoms with E-state index in [1.807, 2.05) is 6.20 Å². The topological polar surface area (TPSA) is 77.5 Å². The maximum absolute atomic E-state index is 12.1. The van der Waals surface area contributed by atoms with Gasteiger partial charge in [-0.25, -0.2) is 0 Å². The second-order valence-electron chi connectivity index (χ2n) is 6.29. The number of aromatic nitrogens is 1. The van der Waals surface area contributed by atoms with E-state index < -0.39 is 17.7 Å². The van der Waals surface area contributed by atoms with E-state index in [9.17, 15) is 9.59 Å². The van der Waals surface area contributed by atoms with E-state index in [2.05, 4.69) is 10.3 Å². The number of carbonyl (C=O) groups excluding carboxylic acids is 2. The first kappa shape index (κ1) is 18.7. The molecule has 2 aliphatic heterocycles. The number of carbonyl (C=O) groups is 2. The molecule has 1 aromatic carbocycles. The zero-order chi connectivity index (χ0) is 18.9. The number of thiazole rings is 1. The first-order valence-electron chi connectivity index (χ1n) is 8.54. The number of hydrogen-bond donors (Lipinski definition) is 1. The number of thioether (sulfide) groups is 1. The summed E-state index contributed by atoms with van der Waals surface area (Å²) in [6.07, 6.45) is 2.58. The summed E-state index contributed by atoms with van der Waals surface area (Å²) < 4.78 is 11.3. The van der Waals surface area contributed by atoms with Crippen LogP contribution in [0.3, 0.4) is 0 Å². The van der Waals surface area contributed by atoms with Crippen molar-refractivity contribution >= 4 is 46.6 Å². The maximum Gasteiger partial charge on any atom is 0.309 e. The number of halogens is 1. The fourth-order valence-corrected chi connectivity index (χ4v) is 5.38. The Bertz CT molecular complexity index is 854. The first-order chi connectivity index (χ1) is 13.1. The predicted octanol–water partition coefficient (Wildman–Crippen LogP) is 3.27. The van der Waals surface area contributed by atoms with Crippen molar-refractivity contribution in [2.75, 3.05) is 13.1 Å². The second kappa shape index (κ2) is 7.79. The van der Waals surface area contributed by atoms with Crippen molar-refractivity contribution in [3.63, 3.8) is 0 Å². The Morgan fingerprint density at radius 1 is 1.22 bits per heavy atom. The Labute approximate surface area is 169 Å². The van der Waals surface area contributed by atoms with Gasteiger partial charge in [-0.2, -0.15) is 0 Å². The van der Waals surface area contributed by atoms with Gasteiger partial charge in [0.1, 0.15) is 0 Å². The lowest BCUT2D eigenvalue weighted by Gasteiger charge is -2.32. The van der Waals surface area contributed by atoms with Gasteiger partial charge in [0, 0.05) is 27.3 Å². The molecule has 27 heavy (non-hydrogen) atoms. The normalized spacial score (nSPS) is 19.0. The summed E-state index contributed by atoms with van der Waals surface area (Å²) in [4.78, 5) is 30.4. The molecule has 1 aromatic heterocycles. The Balaban J connectivity index is 1.76. The summed E-state index contributed by atoms with van der Waals surface area (Å²) in [5.41, 5.74) is 3.43. The molecule has 3 heterocycles. The van der Waals surface area contributed by atoms with Crippen LogP contribution in [0.2, 0.25) is 5.02 Å². The Kier molecular flexibility index (Phi) is 5.41. The molecule has 6 nitrogen and oxygen atoms in total. The van der Waals surface area contributed by atoms with Gasteiger partial charge >= 0.3 is 11.9 Å². The Morgan fingerprint density at radius 3 is 2.70 bits per heavy atom. The molecule has 4 rings (SSSR count). The van der Waals surface area contributed by atoms with Gasteiger partial charge in [0.25, 0.3) is 5.79 Å². The minimum Gasteiger partial charge on any atom is -0.416 e. The summed E-state index contributed by atoms with van der Waals surface area (Å²) in [5.74, 6) is -1.59. The largest absolute Gasteiger partial charge is 0.416 e. The monoisotopic (exact) mass is 424 g/mol. The summed E-state index contributed by atoms with van der Waals surface area (Å²) in [5, 5.41) is 3.86. The van der Waals surface area contributed by atoms with Crippen LogP contribution in [0.1, 0.15) is 28.8 Å². The molecule has 0 saturated carbocycles. The molecule has 0 aliphatic carbocycles. The third-order valence-electron chi connectivity index (χ3n) is 4.47. The van der Waals surface area contributed by atoms with Crippen LogP contribution in [0.5, 0.6) is 0 Å². The number of benzene rings is 1. The first-order valence-corrected chi connectivity index (χ1v) is 10.8. The standard InChI is InChI=1S/C18H17ClN2O4S2/c19-14-2-1-13-12(17(14)26-8-11-7-21-10-27-11)5-6-20-9-18(13)24-15(22)3-4-16(23)25-18/h1-2,7,10,20H,3-6,8-9H2. The highest BCUT2D eigenvalue weighted by atomic mass is 35.5. The summed E-state index contributed by atoms with van der Waals surface area (Å²) >= 11 is 9.70. The van der Waals surface area contributed by atoms with Crippen LogP contribution in [0.15, 0.2) is 28.7 Å². The number of hydrogen-bond acceptors (Lipinski definition) is 8. The van der Waals surface area contributed by atoms with E-state index in [0.717, 1.165) is 21.1 Å².